The molecule has 0 aliphatic rings. The van der Waals surface area contributed by atoms with Gasteiger partial charge in [0.05, 0.1) is 48.8 Å². The molecule has 2 aromatic heterocycles. The molecule has 2 atom stereocenters. The largest absolute Gasteiger partial charge is 0.481 e. The molecule has 0 amide bonds. The number of halogens is 1. The Balaban J connectivity index is 0.000000693. The Morgan fingerprint density at radius 3 is 2.30 bits per heavy atom. The number of nitrogens with zero attached hydrogens (tertiary/aromatic N) is 3. The average molecular weight is 579 g/mol. The first-order chi connectivity index (χ1) is 18.7. The number of anilines is 1. The molecule has 1 aromatic carbocycles. The standard InChI is InChI=1S/C22H28FN3O6S.C5H7NO/c1-13(2)20-18(10-9-16(27)11-17(28)12-19(29)30)21(14-5-7-15(23)8-6-14)25-22(24-20)26(3)33(4,31)32;6-3-5-1-2-7-4-5/h5-10,13,16-17,27-28H,11-12H2,1-4H3,(H,29,30);1-2,4H,3,6H2/b10-9+;/t16-,17-;/m1./s1. The maximum absolute atomic E-state index is 13.5. The van der Waals surface area contributed by atoms with Crippen molar-refractivity contribution in [1.82, 2.24) is 9.97 Å². The summed E-state index contributed by atoms with van der Waals surface area (Å²) in [7, 11) is -2.33. The molecule has 5 N–H and O–H groups in total. The second-order valence-electron chi connectivity index (χ2n) is 9.31. The van der Waals surface area contributed by atoms with Gasteiger partial charge in [-0.3, -0.25) is 4.79 Å². The molecule has 218 valence electrons. The lowest BCUT2D eigenvalue weighted by Gasteiger charge is -2.20. The molecule has 0 radical (unpaired) electrons. The van der Waals surface area contributed by atoms with Gasteiger partial charge in [0, 0.05) is 36.7 Å². The molecule has 40 heavy (non-hydrogen) atoms. The van der Waals surface area contributed by atoms with E-state index in [0.29, 0.717) is 29.1 Å². The molecule has 0 spiro atoms. The van der Waals surface area contributed by atoms with Crippen LogP contribution in [0.15, 0.2) is 53.4 Å². The predicted molar refractivity (Wildman–Crippen MR) is 149 cm³/mol. The van der Waals surface area contributed by atoms with E-state index >= 15 is 0 Å². The van der Waals surface area contributed by atoms with Crippen molar-refractivity contribution >= 4 is 28.0 Å². The topological polar surface area (TPSA) is 180 Å². The van der Waals surface area contributed by atoms with E-state index in [9.17, 15) is 27.8 Å². The molecule has 0 saturated heterocycles. The van der Waals surface area contributed by atoms with Crippen LogP contribution in [0.4, 0.5) is 10.3 Å². The smallest absolute Gasteiger partial charge is 0.305 e. The van der Waals surface area contributed by atoms with E-state index in [1.54, 1.807) is 12.5 Å². The van der Waals surface area contributed by atoms with Gasteiger partial charge in [-0.05, 0) is 36.2 Å². The molecule has 0 saturated carbocycles. The zero-order valence-corrected chi connectivity index (χ0v) is 23.5. The van der Waals surface area contributed by atoms with Crippen molar-refractivity contribution in [1.29, 1.82) is 0 Å². The minimum Gasteiger partial charge on any atom is -0.481 e. The van der Waals surface area contributed by atoms with E-state index in [-0.39, 0.29) is 18.3 Å². The third kappa shape index (κ3) is 9.83. The number of aliphatic hydroxyl groups is 2. The fourth-order valence-corrected chi connectivity index (χ4v) is 3.83. The minimum absolute atomic E-state index is 0.0601. The lowest BCUT2D eigenvalue weighted by Crippen LogP contribution is -2.27. The van der Waals surface area contributed by atoms with Gasteiger partial charge in [0.15, 0.2) is 0 Å². The molecule has 0 unspecified atom stereocenters. The van der Waals surface area contributed by atoms with Crippen LogP contribution in [0.2, 0.25) is 0 Å². The molecular formula is C27H35FN4O7S. The molecule has 0 aliphatic heterocycles. The molecule has 3 rings (SSSR count). The molecule has 2 heterocycles. The summed E-state index contributed by atoms with van der Waals surface area (Å²) in [5.41, 5.74) is 8.08. The number of aliphatic carboxylic acids is 1. The van der Waals surface area contributed by atoms with E-state index in [1.807, 2.05) is 19.9 Å². The number of furan rings is 1. The normalized spacial score (nSPS) is 13.1. The lowest BCUT2D eigenvalue weighted by molar-refractivity contribution is -0.139. The van der Waals surface area contributed by atoms with E-state index in [2.05, 4.69) is 9.97 Å². The van der Waals surface area contributed by atoms with Crippen molar-refractivity contribution in [3.05, 3.63) is 71.6 Å². The molecule has 3 aromatic rings. The monoisotopic (exact) mass is 578 g/mol. The second-order valence-corrected chi connectivity index (χ2v) is 11.3. The van der Waals surface area contributed by atoms with Crippen LogP contribution in [0.5, 0.6) is 0 Å². The third-order valence-corrected chi connectivity index (χ3v) is 6.79. The fraction of sp³-hybridized carbons (Fsp3) is 0.370. The van der Waals surface area contributed by atoms with Crippen molar-refractivity contribution in [2.75, 3.05) is 17.6 Å². The van der Waals surface area contributed by atoms with Gasteiger partial charge < -0.3 is 25.5 Å². The highest BCUT2D eigenvalue weighted by molar-refractivity contribution is 7.92. The van der Waals surface area contributed by atoms with Crippen LogP contribution < -0.4 is 10.0 Å². The fourth-order valence-electron chi connectivity index (χ4n) is 3.45. The maximum Gasteiger partial charge on any atom is 0.305 e. The zero-order chi connectivity index (χ0) is 30.0. The molecule has 0 aliphatic carbocycles. The van der Waals surface area contributed by atoms with Gasteiger partial charge in [-0.2, -0.15) is 0 Å². The van der Waals surface area contributed by atoms with Crippen LogP contribution in [0.1, 0.15) is 49.4 Å². The molecular weight excluding hydrogens is 543 g/mol. The van der Waals surface area contributed by atoms with Crippen molar-refractivity contribution < 1.29 is 37.3 Å². The Morgan fingerprint density at radius 1 is 1.18 bits per heavy atom. The Bertz CT molecular complexity index is 1380. The summed E-state index contributed by atoms with van der Waals surface area (Å²) in [6, 6.07) is 7.33. The van der Waals surface area contributed by atoms with Crippen LogP contribution in [0.25, 0.3) is 17.3 Å². The first kappa shape index (κ1) is 32.6. The van der Waals surface area contributed by atoms with Crippen molar-refractivity contribution in [3.63, 3.8) is 0 Å². The summed E-state index contributed by atoms with van der Waals surface area (Å²) < 4.78 is 43.3. The minimum atomic E-state index is -3.65. The Morgan fingerprint density at radius 2 is 1.82 bits per heavy atom. The number of nitrogens with two attached hydrogens (primary N) is 1. The van der Waals surface area contributed by atoms with Gasteiger partial charge in [0.1, 0.15) is 5.82 Å². The third-order valence-electron chi connectivity index (χ3n) is 5.63. The summed E-state index contributed by atoms with van der Waals surface area (Å²) in [4.78, 5) is 19.6. The molecule has 0 fully saturated rings. The second kappa shape index (κ2) is 14.7. The van der Waals surface area contributed by atoms with Gasteiger partial charge in [0.2, 0.25) is 16.0 Å². The molecule has 0 bridgehead atoms. The predicted octanol–water partition coefficient (Wildman–Crippen LogP) is 3.14. The number of carboxylic acids is 1. The number of hydrogen-bond donors (Lipinski definition) is 4. The Labute approximate surface area is 232 Å². The summed E-state index contributed by atoms with van der Waals surface area (Å²) in [6.45, 7) is 4.27. The zero-order valence-electron chi connectivity index (χ0n) is 22.7. The number of hydrogen-bond acceptors (Lipinski definition) is 9. The number of rotatable bonds is 11. The number of aliphatic hydroxyl groups excluding tert-OH is 2. The average Bonchev–Trinajstić information content (AvgIpc) is 3.40. The molecule has 11 nitrogen and oxygen atoms in total. The highest BCUT2D eigenvalue weighted by Crippen LogP contribution is 2.31. The van der Waals surface area contributed by atoms with Gasteiger partial charge >= 0.3 is 5.97 Å². The van der Waals surface area contributed by atoms with Gasteiger partial charge in [-0.1, -0.05) is 26.0 Å². The summed E-state index contributed by atoms with van der Waals surface area (Å²) in [5, 5.41) is 28.8. The van der Waals surface area contributed by atoms with Crippen LogP contribution in [-0.2, 0) is 21.4 Å². The van der Waals surface area contributed by atoms with Crippen LogP contribution >= 0.6 is 0 Å². The first-order valence-electron chi connectivity index (χ1n) is 12.3. The molecule has 13 heteroatoms. The first-order valence-corrected chi connectivity index (χ1v) is 14.2. The number of benzene rings is 1. The highest BCUT2D eigenvalue weighted by Gasteiger charge is 2.22. The van der Waals surface area contributed by atoms with Crippen molar-refractivity contribution in [2.24, 2.45) is 5.73 Å². The van der Waals surface area contributed by atoms with E-state index in [4.69, 9.17) is 15.3 Å². The lowest BCUT2D eigenvalue weighted by atomic mass is 9.97. The van der Waals surface area contributed by atoms with Gasteiger partial charge in [-0.25, -0.2) is 27.1 Å². The number of carboxylic acid groups (broad SMARTS) is 1. The number of carbonyl (C=O) groups is 1. The Kier molecular flexibility index (Phi) is 11.9. The van der Waals surface area contributed by atoms with Crippen LogP contribution in [-0.4, -0.2) is 65.2 Å². The SMILES string of the molecule is CC(C)c1nc(N(C)S(C)(=O)=O)nc(-c2ccc(F)cc2)c1/C=C/[C@@H](O)C[C@@H](O)CC(=O)O.NCc1ccoc1. The van der Waals surface area contributed by atoms with E-state index in [0.717, 1.165) is 16.1 Å². The van der Waals surface area contributed by atoms with E-state index in [1.165, 1.54) is 43.5 Å². The quantitative estimate of drug-likeness (QED) is 0.264. The number of aromatic nitrogens is 2. The maximum atomic E-state index is 13.5. The van der Waals surface area contributed by atoms with Crippen molar-refractivity contribution in [3.8, 4) is 11.3 Å². The van der Waals surface area contributed by atoms with Gasteiger partial charge in [-0.15, -0.1) is 0 Å². The van der Waals surface area contributed by atoms with E-state index < -0.39 is 40.4 Å². The van der Waals surface area contributed by atoms with Crippen LogP contribution in [0.3, 0.4) is 0 Å². The summed E-state index contributed by atoms with van der Waals surface area (Å²) in [5.74, 6) is -1.87. The highest BCUT2D eigenvalue weighted by atomic mass is 32.2. The van der Waals surface area contributed by atoms with Gasteiger partial charge in [0.25, 0.3) is 0 Å². The van der Waals surface area contributed by atoms with Crippen molar-refractivity contribution in [2.45, 2.75) is 51.4 Å². The summed E-state index contributed by atoms with van der Waals surface area (Å²) >= 11 is 0. The number of sulfonamides is 1. The summed E-state index contributed by atoms with van der Waals surface area (Å²) in [6.07, 6.45) is 4.11. The Hall–Kier alpha value is -3.65. The van der Waals surface area contributed by atoms with Crippen LogP contribution in [0, 0.1) is 5.82 Å².